The Morgan fingerprint density at radius 2 is 2.43 bits per heavy atom. The third kappa shape index (κ3) is 3.27. The predicted molar refractivity (Wildman–Crippen MR) is 52.9 cm³/mol. The molecule has 1 N–H and O–H groups in total. The average molecular weight is 201 g/mol. The first-order valence-electron chi connectivity index (χ1n) is 5.19. The Hall–Kier alpha value is -0.610. The van der Waals surface area contributed by atoms with Crippen LogP contribution in [-0.4, -0.2) is 48.8 Å². The number of likely N-dealkylation sites (tertiary alicyclic amines) is 1. The molecule has 1 heterocycles. The lowest BCUT2D eigenvalue weighted by atomic mass is 10.2. The van der Waals surface area contributed by atoms with E-state index in [9.17, 15) is 4.79 Å². The van der Waals surface area contributed by atoms with Crippen molar-refractivity contribution in [1.29, 1.82) is 0 Å². The molecule has 0 spiro atoms. The van der Waals surface area contributed by atoms with Gasteiger partial charge in [-0.2, -0.15) is 0 Å². The molecule has 1 aliphatic rings. The zero-order chi connectivity index (χ0) is 10.4. The molecule has 1 fully saturated rings. The molecule has 0 saturated carbocycles. The Kier molecular flexibility index (Phi) is 4.90. The summed E-state index contributed by atoms with van der Waals surface area (Å²) < 4.78 is 4.56. The van der Waals surface area contributed by atoms with Gasteiger partial charge in [-0.15, -0.1) is 0 Å². The molecule has 0 aromatic rings. The Morgan fingerprint density at radius 3 is 3.07 bits per heavy atom. The molecule has 4 heteroatoms. The summed E-state index contributed by atoms with van der Waals surface area (Å²) in [6.07, 6.45) is 3.53. The maximum atomic E-state index is 10.8. The van der Waals surface area contributed by atoms with E-state index < -0.39 is 0 Å². The van der Waals surface area contributed by atoms with E-state index in [0.717, 1.165) is 32.4 Å². The number of carbonyl (C=O) groups excluding carboxylic acids is 1. The van der Waals surface area contributed by atoms with Gasteiger partial charge < -0.3 is 9.84 Å². The topological polar surface area (TPSA) is 49.8 Å². The van der Waals surface area contributed by atoms with E-state index in [-0.39, 0.29) is 12.6 Å². The van der Waals surface area contributed by atoms with Crippen molar-refractivity contribution < 1.29 is 14.6 Å². The molecule has 1 aliphatic heterocycles. The lowest BCUT2D eigenvalue weighted by Crippen LogP contribution is -2.33. The van der Waals surface area contributed by atoms with Crippen molar-refractivity contribution in [2.45, 2.75) is 31.7 Å². The van der Waals surface area contributed by atoms with Crippen LogP contribution in [0.5, 0.6) is 0 Å². The van der Waals surface area contributed by atoms with Crippen molar-refractivity contribution in [2.75, 3.05) is 26.8 Å². The number of nitrogens with zero attached hydrogens (tertiary/aromatic N) is 1. The van der Waals surface area contributed by atoms with Crippen LogP contribution < -0.4 is 0 Å². The molecule has 0 bridgehead atoms. The standard InChI is InChI=1S/C10H19NO3/c1-14-10(13)5-3-7-11-6-2-4-9(11)8-12/h9,12H,2-8H2,1H3/t9-/m0/s1. The van der Waals surface area contributed by atoms with Crippen molar-refractivity contribution >= 4 is 5.97 Å². The first-order valence-corrected chi connectivity index (χ1v) is 5.19. The van der Waals surface area contributed by atoms with Gasteiger partial charge in [0.25, 0.3) is 0 Å². The minimum absolute atomic E-state index is 0.148. The smallest absolute Gasteiger partial charge is 0.305 e. The molecule has 82 valence electrons. The molecule has 0 aromatic carbocycles. The maximum Gasteiger partial charge on any atom is 0.305 e. The van der Waals surface area contributed by atoms with E-state index in [1.807, 2.05) is 0 Å². The van der Waals surface area contributed by atoms with Gasteiger partial charge in [0.05, 0.1) is 13.7 Å². The molecule has 4 nitrogen and oxygen atoms in total. The number of aliphatic hydroxyl groups is 1. The number of aliphatic hydroxyl groups excluding tert-OH is 1. The van der Waals surface area contributed by atoms with Crippen molar-refractivity contribution in [3.05, 3.63) is 0 Å². The first kappa shape index (κ1) is 11.5. The van der Waals surface area contributed by atoms with Crippen LogP contribution in [0.3, 0.4) is 0 Å². The minimum Gasteiger partial charge on any atom is -0.469 e. The molecule has 0 aliphatic carbocycles. The molecular formula is C10H19NO3. The summed E-state index contributed by atoms with van der Waals surface area (Å²) >= 11 is 0. The molecule has 14 heavy (non-hydrogen) atoms. The molecule has 1 atom stereocenters. The molecule has 1 rings (SSSR count). The highest BCUT2D eigenvalue weighted by Crippen LogP contribution is 2.16. The summed E-state index contributed by atoms with van der Waals surface area (Å²) in [6.45, 7) is 2.17. The molecule has 0 amide bonds. The predicted octanol–water partition coefficient (Wildman–Crippen LogP) is 0.396. The third-order valence-corrected chi connectivity index (χ3v) is 2.76. The van der Waals surface area contributed by atoms with Gasteiger partial charge in [0.15, 0.2) is 0 Å². The van der Waals surface area contributed by atoms with Gasteiger partial charge in [0.1, 0.15) is 0 Å². The van der Waals surface area contributed by atoms with Gasteiger partial charge in [-0.05, 0) is 32.4 Å². The van der Waals surface area contributed by atoms with Crippen LogP contribution in [0.4, 0.5) is 0 Å². The molecule has 0 aromatic heterocycles. The fourth-order valence-corrected chi connectivity index (χ4v) is 1.92. The van der Waals surface area contributed by atoms with Crippen molar-refractivity contribution in [3.8, 4) is 0 Å². The van der Waals surface area contributed by atoms with Crippen LogP contribution >= 0.6 is 0 Å². The Balaban J connectivity index is 2.14. The second-order valence-electron chi connectivity index (χ2n) is 3.69. The van der Waals surface area contributed by atoms with Gasteiger partial charge in [0.2, 0.25) is 0 Å². The van der Waals surface area contributed by atoms with Crippen LogP contribution in [0.15, 0.2) is 0 Å². The van der Waals surface area contributed by atoms with Crippen LogP contribution in [0.2, 0.25) is 0 Å². The largest absolute Gasteiger partial charge is 0.469 e. The Labute approximate surface area is 84.8 Å². The van der Waals surface area contributed by atoms with E-state index >= 15 is 0 Å². The van der Waals surface area contributed by atoms with E-state index in [4.69, 9.17) is 5.11 Å². The monoisotopic (exact) mass is 201 g/mol. The first-order chi connectivity index (χ1) is 6.77. The second kappa shape index (κ2) is 5.98. The summed E-state index contributed by atoms with van der Waals surface area (Å²) in [6, 6.07) is 0.313. The van der Waals surface area contributed by atoms with Crippen molar-refractivity contribution in [3.63, 3.8) is 0 Å². The molecule has 0 radical (unpaired) electrons. The second-order valence-corrected chi connectivity index (χ2v) is 3.69. The molecule has 1 saturated heterocycles. The average Bonchev–Trinajstić information content (AvgIpc) is 2.65. The molecular weight excluding hydrogens is 182 g/mol. The van der Waals surface area contributed by atoms with Crippen LogP contribution in [0.1, 0.15) is 25.7 Å². The van der Waals surface area contributed by atoms with Crippen molar-refractivity contribution in [2.24, 2.45) is 0 Å². The van der Waals surface area contributed by atoms with Crippen LogP contribution in [-0.2, 0) is 9.53 Å². The quantitative estimate of drug-likeness (QED) is 0.654. The maximum absolute atomic E-state index is 10.8. The van der Waals surface area contributed by atoms with Crippen molar-refractivity contribution in [1.82, 2.24) is 4.90 Å². The minimum atomic E-state index is -0.148. The van der Waals surface area contributed by atoms with Gasteiger partial charge >= 0.3 is 5.97 Å². The summed E-state index contributed by atoms with van der Waals surface area (Å²) in [5.74, 6) is -0.148. The third-order valence-electron chi connectivity index (χ3n) is 2.76. The van der Waals surface area contributed by atoms with E-state index in [1.54, 1.807) is 0 Å². The number of hydrogen-bond acceptors (Lipinski definition) is 4. The van der Waals surface area contributed by atoms with Crippen LogP contribution in [0, 0.1) is 0 Å². The van der Waals surface area contributed by atoms with E-state index in [0.29, 0.717) is 12.5 Å². The van der Waals surface area contributed by atoms with E-state index in [1.165, 1.54) is 7.11 Å². The van der Waals surface area contributed by atoms with Gasteiger partial charge in [0, 0.05) is 12.5 Å². The highest BCUT2D eigenvalue weighted by atomic mass is 16.5. The number of hydrogen-bond donors (Lipinski definition) is 1. The highest BCUT2D eigenvalue weighted by Gasteiger charge is 2.22. The fourth-order valence-electron chi connectivity index (χ4n) is 1.92. The number of esters is 1. The summed E-state index contributed by atoms with van der Waals surface area (Å²) in [5.41, 5.74) is 0. The summed E-state index contributed by atoms with van der Waals surface area (Å²) in [5, 5.41) is 9.06. The summed E-state index contributed by atoms with van der Waals surface area (Å²) in [4.78, 5) is 13.1. The van der Waals surface area contributed by atoms with Crippen LogP contribution in [0.25, 0.3) is 0 Å². The Bertz CT molecular complexity index is 184. The zero-order valence-corrected chi connectivity index (χ0v) is 8.74. The SMILES string of the molecule is COC(=O)CCCN1CCC[C@H]1CO. The van der Waals surface area contributed by atoms with Gasteiger partial charge in [-0.1, -0.05) is 0 Å². The number of methoxy groups -OCH3 is 1. The highest BCUT2D eigenvalue weighted by molar-refractivity contribution is 5.69. The number of rotatable bonds is 5. The fraction of sp³-hybridized carbons (Fsp3) is 0.900. The summed E-state index contributed by atoms with van der Waals surface area (Å²) in [7, 11) is 1.41. The lowest BCUT2D eigenvalue weighted by molar-refractivity contribution is -0.140. The number of ether oxygens (including phenoxy) is 1. The number of carbonyl (C=O) groups is 1. The van der Waals surface area contributed by atoms with E-state index in [2.05, 4.69) is 9.64 Å². The Morgan fingerprint density at radius 1 is 1.64 bits per heavy atom. The molecule has 0 unspecified atom stereocenters. The normalized spacial score (nSPS) is 22.6. The lowest BCUT2D eigenvalue weighted by Gasteiger charge is -2.21. The van der Waals surface area contributed by atoms with Gasteiger partial charge in [-0.3, -0.25) is 9.69 Å². The zero-order valence-electron chi connectivity index (χ0n) is 8.74. The van der Waals surface area contributed by atoms with Gasteiger partial charge in [-0.25, -0.2) is 0 Å².